The van der Waals surface area contributed by atoms with Gasteiger partial charge in [0.25, 0.3) is 5.91 Å². The fraction of sp³-hybridized carbons (Fsp3) is 0.0909. The topological polar surface area (TPSA) is 91.2 Å². The quantitative estimate of drug-likeness (QED) is 0.325. The minimum absolute atomic E-state index is 0.146. The zero-order chi connectivity index (χ0) is 21.7. The molecule has 0 saturated carbocycles. The molecule has 0 aliphatic carbocycles. The van der Waals surface area contributed by atoms with E-state index < -0.39 is 11.5 Å². The van der Waals surface area contributed by atoms with Crippen LogP contribution in [0.4, 0.5) is 0 Å². The zero-order valence-electron chi connectivity index (χ0n) is 15.8. The molecular weight excluding hydrogens is 516 g/mol. The van der Waals surface area contributed by atoms with Gasteiger partial charge in [-0.1, -0.05) is 60.7 Å². The lowest BCUT2D eigenvalue weighted by Gasteiger charge is -2.27. The number of hydrazone groups is 1. The van der Waals surface area contributed by atoms with E-state index in [1.807, 2.05) is 0 Å². The minimum Gasteiger partial charge on any atom is -0.504 e. The molecule has 0 aliphatic heterocycles. The number of aliphatic hydroxyl groups is 1. The van der Waals surface area contributed by atoms with Crippen molar-refractivity contribution in [1.82, 2.24) is 5.43 Å². The van der Waals surface area contributed by atoms with Crippen molar-refractivity contribution < 1.29 is 19.7 Å². The van der Waals surface area contributed by atoms with Crippen LogP contribution in [0.3, 0.4) is 0 Å². The fourth-order valence-electron chi connectivity index (χ4n) is 2.91. The number of amides is 1. The third-order valence-corrected chi connectivity index (χ3v) is 6.50. The summed E-state index contributed by atoms with van der Waals surface area (Å²) in [7, 11) is 1.43. The van der Waals surface area contributed by atoms with Crippen molar-refractivity contribution in [3.63, 3.8) is 0 Å². The highest BCUT2D eigenvalue weighted by Crippen LogP contribution is 2.39. The van der Waals surface area contributed by atoms with E-state index in [4.69, 9.17) is 4.74 Å². The van der Waals surface area contributed by atoms with Gasteiger partial charge in [-0.25, -0.2) is 5.43 Å². The number of nitrogens with zero attached hydrogens (tertiary/aromatic N) is 1. The van der Waals surface area contributed by atoms with Crippen LogP contribution in [-0.2, 0) is 10.4 Å². The second kappa shape index (κ2) is 9.42. The van der Waals surface area contributed by atoms with Gasteiger partial charge >= 0.3 is 0 Å². The Bertz CT molecular complexity index is 1030. The van der Waals surface area contributed by atoms with E-state index in [9.17, 15) is 15.0 Å². The van der Waals surface area contributed by atoms with Crippen molar-refractivity contribution in [2.24, 2.45) is 5.10 Å². The van der Waals surface area contributed by atoms with Gasteiger partial charge in [0.15, 0.2) is 17.1 Å². The van der Waals surface area contributed by atoms with Crippen LogP contribution in [0.1, 0.15) is 16.7 Å². The monoisotopic (exact) mass is 532 g/mol. The summed E-state index contributed by atoms with van der Waals surface area (Å²) in [5, 5.41) is 25.7. The zero-order valence-corrected chi connectivity index (χ0v) is 19.0. The molecule has 0 bridgehead atoms. The van der Waals surface area contributed by atoms with Crippen LogP contribution in [0, 0.1) is 0 Å². The highest BCUT2D eigenvalue weighted by Gasteiger charge is 2.39. The number of aromatic hydroxyl groups is 1. The number of nitrogens with one attached hydrogen (secondary N) is 1. The van der Waals surface area contributed by atoms with Crippen LogP contribution < -0.4 is 10.2 Å². The van der Waals surface area contributed by atoms with E-state index in [1.54, 1.807) is 66.7 Å². The standard InChI is InChI=1S/C22H18Br2N2O4/c1-30-18-12-17(23)19(24)16(20(18)27)13-25-26-21(28)22(29,14-8-4-2-5-9-14)15-10-6-3-7-11-15/h2-13,27,29H,1H3,(H,26,28)/b25-13+. The molecule has 0 radical (unpaired) electrons. The summed E-state index contributed by atoms with van der Waals surface area (Å²) in [6.45, 7) is 0. The molecule has 8 heteroatoms. The predicted octanol–water partition coefficient (Wildman–Crippen LogP) is 4.31. The summed E-state index contributed by atoms with van der Waals surface area (Å²) in [4.78, 5) is 13.0. The van der Waals surface area contributed by atoms with Gasteiger partial charge in [0.1, 0.15) is 0 Å². The minimum atomic E-state index is -1.95. The molecule has 0 unspecified atom stereocenters. The van der Waals surface area contributed by atoms with Crippen molar-refractivity contribution in [2.45, 2.75) is 5.60 Å². The lowest BCUT2D eigenvalue weighted by atomic mass is 9.85. The number of benzene rings is 3. The largest absolute Gasteiger partial charge is 0.504 e. The van der Waals surface area contributed by atoms with Crippen LogP contribution in [0.25, 0.3) is 0 Å². The molecule has 0 atom stereocenters. The maximum Gasteiger partial charge on any atom is 0.281 e. The molecule has 3 aromatic carbocycles. The summed E-state index contributed by atoms with van der Waals surface area (Å²) in [5.41, 5.74) is 1.52. The first-order valence-corrected chi connectivity index (χ1v) is 10.4. The van der Waals surface area contributed by atoms with Gasteiger partial charge in [-0.15, -0.1) is 0 Å². The fourth-order valence-corrected chi connectivity index (χ4v) is 3.74. The Morgan fingerprint density at radius 3 is 2.10 bits per heavy atom. The van der Waals surface area contributed by atoms with Gasteiger partial charge in [0.2, 0.25) is 0 Å². The average molecular weight is 534 g/mol. The van der Waals surface area contributed by atoms with E-state index in [2.05, 4.69) is 42.4 Å². The lowest BCUT2D eigenvalue weighted by molar-refractivity contribution is -0.136. The van der Waals surface area contributed by atoms with Crippen LogP contribution in [0.15, 0.2) is 80.8 Å². The van der Waals surface area contributed by atoms with Crippen molar-refractivity contribution in [1.29, 1.82) is 0 Å². The van der Waals surface area contributed by atoms with Gasteiger partial charge in [-0.2, -0.15) is 5.10 Å². The number of methoxy groups -OCH3 is 1. The SMILES string of the molecule is COc1cc(Br)c(Br)c(/C=N/NC(=O)C(O)(c2ccccc2)c2ccccc2)c1O. The Morgan fingerprint density at radius 1 is 1.07 bits per heavy atom. The molecule has 154 valence electrons. The molecule has 3 aromatic rings. The summed E-state index contributed by atoms with van der Waals surface area (Å²) < 4.78 is 6.29. The number of phenolic OH excluding ortho intramolecular Hbond substituents is 1. The normalized spacial score (nSPS) is 11.5. The van der Waals surface area contributed by atoms with E-state index in [0.717, 1.165) is 0 Å². The first kappa shape index (κ1) is 22.0. The summed E-state index contributed by atoms with van der Waals surface area (Å²) in [5.74, 6) is -0.649. The molecule has 30 heavy (non-hydrogen) atoms. The Morgan fingerprint density at radius 2 is 1.60 bits per heavy atom. The van der Waals surface area contributed by atoms with Crippen molar-refractivity contribution in [3.05, 3.63) is 92.4 Å². The number of carbonyl (C=O) groups is 1. The van der Waals surface area contributed by atoms with Gasteiger partial charge in [0, 0.05) is 8.95 Å². The van der Waals surface area contributed by atoms with Crippen molar-refractivity contribution in [3.8, 4) is 11.5 Å². The molecule has 0 fully saturated rings. The van der Waals surface area contributed by atoms with Gasteiger partial charge in [0.05, 0.1) is 18.9 Å². The number of hydrogen-bond donors (Lipinski definition) is 3. The van der Waals surface area contributed by atoms with E-state index in [-0.39, 0.29) is 11.5 Å². The van der Waals surface area contributed by atoms with Crippen molar-refractivity contribution in [2.75, 3.05) is 7.11 Å². The van der Waals surface area contributed by atoms with Crippen LogP contribution in [-0.4, -0.2) is 29.4 Å². The van der Waals surface area contributed by atoms with Crippen LogP contribution >= 0.6 is 31.9 Å². The average Bonchev–Trinajstić information content (AvgIpc) is 2.79. The third-order valence-electron chi connectivity index (χ3n) is 4.48. The summed E-state index contributed by atoms with van der Waals surface area (Å²) in [6.07, 6.45) is 1.26. The van der Waals surface area contributed by atoms with Gasteiger partial charge in [-0.3, -0.25) is 4.79 Å². The molecule has 0 heterocycles. The molecule has 1 amide bonds. The maximum atomic E-state index is 13.0. The number of ether oxygens (including phenoxy) is 1. The number of hydrogen-bond acceptors (Lipinski definition) is 5. The van der Waals surface area contributed by atoms with Gasteiger partial charge in [-0.05, 0) is 49.1 Å². The number of halogens is 2. The highest BCUT2D eigenvalue weighted by molar-refractivity contribution is 9.13. The molecule has 3 rings (SSSR count). The van der Waals surface area contributed by atoms with Gasteiger partial charge < -0.3 is 14.9 Å². The molecule has 3 N–H and O–H groups in total. The smallest absolute Gasteiger partial charge is 0.281 e. The van der Waals surface area contributed by atoms with E-state index in [0.29, 0.717) is 25.6 Å². The van der Waals surface area contributed by atoms with Crippen molar-refractivity contribution >= 4 is 44.0 Å². The van der Waals surface area contributed by atoms with E-state index >= 15 is 0 Å². The van der Waals surface area contributed by atoms with Crippen LogP contribution in [0.5, 0.6) is 11.5 Å². The highest BCUT2D eigenvalue weighted by atomic mass is 79.9. The second-order valence-electron chi connectivity index (χ2n) is 6.28. The van der Waals surface area contributed by atoms with E-state index in [1.165, 1.54) is 13.3 Å². The molecule has 0 aliphatic rings. The second-order valence-corrected chi connectivity index (χ2v) is 7.93. The Labute approximate surface area is 190 Å². The number of carbonyl (C=O) groups excluding carboxylic acids is 1. The third kappa shape index (κ3) is 4.26. The first-order chi connectivity index (χ1) is 14.4. The predicted molar refractivity (Wildman–Crippen MR) is 122 cm³/mol. The molecule has 6 nitrogen and oxygen atoms in total. The molecule has 0 saturated heterocycles. The first-order valence-electron chi connectivity index (χ1n) is 8.81. The van der Waals surface area contributed by atoms with Crippen LogP contribution in [0.2, 0.25) is 0 Å². The Kier molecular flexibility index (Phi) is 6.91. The summed E-state index contributed by atoms with van der Waals surface area (Å²) in [6, 6.07) is 18.8. The number of phenols is 1. The summed E-state index contributed by atoms with van der Waals surface area (Å²) >= 11 is 6.72. The number of rotatable bonds is 6. The molecular formula is C22H18Br2N2O4. The Balaban J connectivity index is 1.95. The molecule has 0 aromatic heterocycles. The molecule has 0 spiro atoms. The lowest BCUT2D eigenvalue weighted by Crippen LogP contribution is -2.43. The maximum absolute atomic E-state index is 13.0. The Hall–Kier alpha value is -2.68.